The second kappa shape index (κ2) is 11.5. The molecule has 0 spiro atoms. The highest BCUT2D eigenvalue weighted by Crippen LogP contribution is 2.33. The molecule has 2 fully saturated rings. The summed E-state index contributed by atoms with van der Waals surface area (Å²) in [4.78, 5) is 13.1. The van der Waals surface area contributed by atoms with E-state index < -0.39 is 0 Å². The molecule has 0 amide bonds. The van der Waals surface area contributed by atoms with Crippen LogP contribution in [0.15, 0.2) is 89.9 Å². The summed E-state index contributed by atoms with van der Waals surface area (Å²) < 4.78 is 2.27. The maximum absolute atomic E-state index is 6.28. The van der Waals surface area contributed by atoms with Crippen LogP contribution in [0.3, 0.4) is 0 Å². The van der Waals surface area contributed by atoms with Crippen LogP contribution in [-0.2, 0) is 0 Å². The summed E-state index contributed by atoms with van der Waals surface area (Å²) >= 11 is 12.5. The first-order chi connectivity index (χ1) is 20.1. The highest BCUT2D eigenvalue weighted by atomic mass is 35.5. The van der Waals surface area contributed by atoms with Gasteiger partial charge in [0.2, 0.25) is 0 Å². The number of anilines is 2. The first-order valence-electron chi connectivity index (χ1n) is 14.6. The van der Waals surface area contributed by atoms with Gasteiger partial charge in [0, 0.05) is 34.0 Å². The predicted molar refractivity (Wildman–Crippen MR) is 170 cm³/mol. The third-order valence-electron chi connectivity index (χ3n) is 8.63. The van der Waals surface area contributed by atoms with Crippen molar-refractivity contribution in [1.29, 1.82) is 0 Å². The van der Waals surface area contributed by atoms with Crippen LogP contribution >= 0.6 is 23.2 Å². The van der Waals surface area contributed by atoms with Gasteiger partial charge in [0.1, 0.15) is 0 Å². The van der Waals surface area contributed by atoms with Crippen LogP contribution in [0.5, 0.6) is 0 Å². The quantitative estimate of drug-likeness (QED) is 0.212. The third kappa shape index (κ3) is 5.46. The minimum atomic E-state index is 0.584. The summed E-state index contributed by atoms with van der Waals surface area (Å²) in [6.07, 6.45) is 6.45. The van der Waals surface area contributed by atoms with Crippen LogP contribution in [-0.4, -0.2) is 40.1 Å². The van der Waals surface area contributed by atoms with Crippen molar-refractivity contribution in [3.63, 3.8) is 0 Å². The van der Waals surface area contributed by atoms with Crippen molar-refractivity contribution in [2.75, 3.05) is 25.0 Å². The van der Waals surface area contributed by atoms with E-state index in [1.807, 2.05) is 42.5 Å². The van der Waals surface area contributed by atoms with E-state index in [1.54, 1.807) is 0 Å². The van der Waals surface area contributed by atoms with Gasteiger partial charge in [-0.15, -0.1) is 0 Å². The van der Waals surface area contributed by atoms with Crippen molar-refractivity contribution in [3.05, 3.63) is 100 Å². The van der Waals surface area contributed by atoms with Gasteiger partial charge in [-0.05, 0) is 117 Å². The standard InChI is InChI=1S/C34H33Cl2N5/c35-24-10-14-26(15-11-24)38-30-20-31-34(21-29(30)37-22-23-6-5-19-40-18-4-3-8-32(23)40)41(27-16-12-25(36)13-17-27)33-9-2-1-7-28(33)39-31/h1-2,7,9-17,20-21,23,32,38H,3-6,8,18-19,22H2/t23-,32-/m1/s1. The topological polar surface area (TPSA) is 45.5 Å². The van der Waals surface area contributed by atoms with Crippen LogP contribution in [0.4, 0.5) is 11.4 Å². The Morgan fingerprint density at radius 1 is 0.829 bits per heavy atom. The Morgan fingerprint density at radius 2 is 1.59 bits per heavy atom. The normalized spacial score (nSPS) is 19.9. The fourth-order valence-electron chi connectivity index (χ4n) is 6.64. The summed E-state index contributed by atoms with van der Waals surface area (Å²) in [5.41, 5.74) is 6.81. The highest BCUT2D eigenvalue weighted by Gasteiger charge is 2.32. The summed E-state index contributed by atoms with van der Waals surface area (Å²) in [5, 5.41) is 5.99. The van der Waals surface area contributed by atoms with Crippen LogP contribution in [0.1, 0.15) is 32.1 Å². The predicted octanol–water partition coefficient (Wildman–Crippen LogP) is 8.35. The SMILES string of the molecule is Clc1ccc(Nc2cc3nc4ccccc4n(-c4ccc(Cl)cc4)c-3cc2=NC[C@H]2CCCN3CCCC[C@H]23)cc1. The average Bonchev–Trinajstić information content (AvgIpc) is 3.00. The molecule has 1 N–H and O–H groups in total. The maximum Gasteiger partial charge on any atom is 0.0900 e. The van der Waals surface area contributed by atoms with Gasteiger partial charge in [0.25, 0.3) is 0 Å². The van der Waals surface area contributed by atoms with Gasteiger partial charge in [-0.2, -0.15) is 0 Å². The van der Waals surface area contributed by atoms with Crippen molar-refractivity contribution in [1.82, 2.24) is 14.5 Å². The Hall–Kier alpha value is -3.38. The number of piperidine rings is 2. The Labute approximate surface area is 250 Å². The molecule has 41 heavy (non-hydrogen) atoms. The summed E-state index contributed by atoms with van der Waals surface area (Å²) in [6.45, 7) is 3.30. The molecule has 5 nitrogen and oxygen atoms in total. The van der Waals surface area contributed by atoms with Gasteiger partial charge < -0.3 is 14.8 Å². The molecule has 0 bridgehead atoms. The second-order valence-electron chi connectivity index (χ2n) is 11.2. The first kappa shape index (κ1) is 26.5. The van der Waals surface area contributed by atoms with E-state index in [1.165, 1.54) is 45.2 Å². The average molecular weight is 583 g/mol. The first-order valence-corrected chi connectivity index (χ1v) is 15.4. The lowest BCUT2D eigenvalue weighted by Gasteiger charge is -2.44. The molecule has 2 saturated heterocycles. The minimum absolute atomic E-state index is 0.584. The molecule has 208 valence electrons. The van der Waals surface area contributed by atoms with Crippen molar-refractivity contribution < 1.29 is 0 Å². The summed E-state index contributed by atoms with van der Waals surface area (Å²) in [5.74, 6) is 0.584. The van der Waals surface area contributed by atoms with Crippen molar-refractivity contribution in [2.24, 2.45) is 10.9 Å². The molecule has 7 rings (SSSR count). The van der Waals surface area contributed by atoms with Gasteiger partial charge >= 0.3 is 0 Å². The van der Waals surface area contributed by atoms with E-state index in [4.69, 9.17) is 33.2 Å². The Morgan fingerprint density at radius 3 is 2.41 bits per heavy atom. The van der Waals surface area contributed by atoms with E-state index in [0.717, 1.165) is 51.4 Å². The molecule has 0 radical (unpaired) electrons. The molecule has 0 unspecified atom stereocenters. The molecule has 0 saturated carbocycles. The van der Waals surface area contributed by atoms with E-state index >= 15 is 0 Å². The van der Waals surface area contributed by atoms with Gasteiger partial charge in [0.05, 0.1) is 33.5 Å². The monoisotopic (exact) mass is 581 g/mol. The van der Waals surface area contributed by atoms with E-state index in [9.17, 15) is 0 Å². The highest BCUT2D eigenvalue weighted by molar-refractivity contribution is 6.30. The number of hydrogen-bond acceptors (Lipinski definition) is 4. The molecule has 3 aromatic rings. The minimum Gasteiger partial charge on any atom is -0.354 e. The van der Waals surface area contributed by atoms with Crippen LogP contribution in [0.25, 0.3) is 28.1 Å². The Balaban J connectivity index is 1.39. The molecule has 3 heterocycles. The summed E-state index contributed by atoms with van der Waals surface area (Å²) in [6, 6.07) is 29.1. The van der Waals surface area contributed by atoms with Gasteiger partial charge in [0.15, 0.2) is 0 Å². The number of halogens is 2. The molecule has 3 aromatic carbocycles. The number of rotatable bonds is 5. The van der Waals surface area contributed by atoms with E-state index in [-0.39, 0.29) is 0 Å². The van der Waals surface area contributed by atoms with Gasteiger partial charge in [-0.25, -0.2) is 4.98 Å². The molecule has 4 aliphatic rings. The van der Waals surface area contributed by atoms with Crippen LogP contribution < -0.4 is 10.7 Å². The van der Waals surface area contributed by atoms with Gasteiger partial charge in [-0.1, -0.05) is 41.8 Å². The third-order valence-corrected chi connectivity index (χ3v) is 9.13. The lowest BCUT2D eigenvalue weighted by Crippen LogP contribution is -2.48. The van der Waals surface area contributed by atoms with Crippen LogP contribution in [0, 0.1) is 5.92 Å². The number of fused-ring (bicyclic) bond motifs is 3. The maximum atomic E-state index is 6.28. The lowest BCUT2D eigenvalue weighted by atomic mass is 9.83. The van der Waals surface area contributed by atoms with Crippen molar-refractivity contribution in [2.45, 2.75) is 38.1 Å². The largest absolute Gasteiger partial charge is 0.354 e. The molecular formula is C34H33Cl2N5. The lowest BCUT2D eigenvalue weighted by molar-refractivity contribution is 0.0631. The molecule has 3 aliphatic heterocycles. The second-order valence-corrected chi connectivity index (χ2v) is 12.1. The Kier molecular flexibility index (Phi) is 7.42. The fourth-order valence-corrected chi connectivity index (χ4v) is 6.89. The smallest absolute Gasteiger partial charge is 0.0900 e. The molecule has 7 heteroatoms. The van der Waals surface area contributed by atoms with Crippen LogP contribution in [0.2, 0.25) is 10.0 Å². The Bertz CT molecular complexity index is 1710. The van der Waals surface area contributed by atoms with E-state index in [0.29, 0.717) is 22.0 Å². The fraction of sp³-hybridized carbons (Fsp3) is 0.294. The number of hydrogen-bond donors (Lipinski definition) is 1. The zero-order valence-electron chi connectivity index (χ0n) is 22.9. The number of para-hydroxylation sites is 2. The number of nitrogens with one attached hydrogen (secondary N) is 1. The number of nitrogens with zero attached hydrogens (tertiary/aromatic N) is 4. The number of aromatic nitrogens is 2. The molecule has 2 atom stereocenters. The van der Waals surface area contributed by atoms with Gasteiger partial charge in [-0.3, -0.25) is 4.99 Å². The molecule has 0 aromatic heterocycles. The summed E-state index contributed by atoms with van der Waals surface area (Å²) in [7, 11) is 0. The van der Waals surface area contributed by atoms with Crippen molar-refractivity contribution in [3.8, 4) is 17.1 Å². The number of benzene rings is 4. The van der Waals surface area contributed by atoms with E-state index in [2.05, 4.69) is 57.2 Å². The molecule has 1 aliphatic carbocycles. The van der Waals surface area contributed by atoms with Crippen molar-refractivity contribution >= 4 is 45.6 Å². The zero-order chi connectivity index (χ0) is 27.8. The molecular weight excluding hydrogens is 549 g/mol. The zero-order valence-corrected chi connectivity index (χ0v) is 24.5.